The van der Waals surface area contributed by atoms with Gasteiger partial charge in [-0.2, -0.15) is 0 Å². The van der Waals surface area contributed by atoms with Crippen molar-refractivity contribution in [3.8, 4) is 23.0 Å². The van der Waals surface area contributed by atoms with Gasteiger partial charge >= 0.3 is 0 Å². The molecule has 4 aromatic rings. The lowest BCUT2D eigenvalue weighted by Gasteiger charge is -2.20. The van der Waals surface area contributed by atoms with Crippen molar-refractivity contribution in [2.75, 3.05) is 28.4 Å². The van der Waals surface area contributed by atoms with Gasteiger partial charge in [0.2, 0.25) is 39.3 Å². The fourth-order valence-electron chi connectivity index (χ4n) is 5.66. The zero-order chi connectivity index (χ0) is 38.6. The van der Waals surface area contributed by atoms with Crippen LogP contribution in [0.3, 0.4) is 0 Å². The van der Waals surface area contributed by atoms with Crippen LogP contribution in [0, 0.1) is 0 Å². The van der Waals surface area contributed by atoms with Gasteiger partial charge in [-0.25, -0.2) is 33.7 Å². The van der Waals surface area contributed by atoms with Gasteiger partial charge in [-0.3, -0.25) is 0 Å². The van der Waals surface area contributed by atoms with E-state index in [9.17, 15) is 54.1 Å². The number of phenols is 4. The van der Waals surface area contributed by atoms with Crippen LogP contribution in [0.4, 0.5) is 0 Å². The largest absolute Gasteiger partial charge is 0.505 e. The van der Waals surface area contributed by atoms with E-state index in [2.05, 4.69) is 0 Å². The van der Waals surface area contributed by atoms with Gasteiger partial charge in [-0.05, 0) is 70.8 Å². The summed E-state index contributed by atoms with van der Waals surface area (Å²) in [6, 6.07) is 6.64. The third-order valence-corrected chi connectivity index (χ3v) is 15.1. The molecular formula is C32H32O16S4. The Bertz CT molecular complexity index is 2080. The molecule has 0 atom stereocenters. The number of phenolic OH excluding ortho intramolecular Hbond substituents is 4. The summed E-state index contributed by atoms with van der Waals surface area (Å²) in [6.45, 7) is -1.75. The van der Waals surface area contributed by atoms with E-state index in [0.717, 1.165) is 48.5 Å². The summed E-state index contributed by atoms with van der Waals surface area (Å²) < 4.78 is 135. The molecule has 0 fully saturated rings. The van der Waals surface area contributed by atoms with Crippen molar-refractivity contribution < 1.29 is 73.0 Å². The Morgan fingerprint density at radius 3 is 0.596 bits per heavy atom. The Hall–Kier alpha value is -4.28. The van der Waals surface area contributed by atoms with Gasteiger partial charge in [0.15, 0.2) is 23.0 Å². The van der Waals surface area contributed by atoms with Gasteiger partial charge in [0.1, 0.15) is 39.2 Å². The first-order chi connectivity index (χ1) is 24.3. The monoisotopic (exact) mass is 800 g/mol. The van der Waals surface area contributed by atoms with Gasteiger partial charge in [0, 0.05) is 28.4 Å². The van der Waals surface area contributed by atoms with Crippen LogP contribution in [0.25, 0.3) is 0 Å². The molecule has 0 saturated heterocycles. The molecule has 4 N–H and O–H groups in total. The molecule has 5 rings (SSSR count). The predicted molar refractivity (Wildman–Crippen MR) is 177 cm³/mol. The van der Waals surface area contributed by atoms with E-state index in [4.69, 9.17) is 18.9 Å². The normalized spacial score (nSPS) is 16.7. The highest BCUT2D eigenvalue weighted by Crippen LogP contribution is 2.48. The molecule has 1 aliphatic heterocycles. The number of methoxy groups -OCH3 is 4. The summed E-state index contributed by atoms with van der Waals surface area (Å²) in [5, 5.41) is 45.8. The summed E-state index contributed by atoms with van der Waals surface area (Å²) in [6.07, 6.45) is 0. The van der Waals surface area contributed by atoms with Gasteiger partial charge in [-0.15, -0.1) is 0 Å². The van der Waals surface area contributed by atoms with Crippen molar-refractivity contribution in [2.45, 2.75) is 65.6 Å². The molecule has 0 unspecified atom stereocenters. The second-order valence-corrected chi connectivity index (χ2v) is 19.1. The van der Waals surface area contributed by atoms with Crippen molar-refractivity contribution >= 4 is 39.3 Å². The van der Waals surface area contributed by atoms with E-state index in [1.54, 1.807) is 0 Å². The Morgan fingerprint density at radius 2 is 0.481 bits per heavy atom. The lowest BCUT2D eigenvalue weighted by molar-refractivity contribution is 0.184. The maximum atomic E-state index is 14.4. The van der Waals surface area contributed by atoms with Gasteiger partial charge in [-0.1, -0.05) is 0 Å². The quantitative estimate of drug-likeness (QED) is 0.176. The van der Waals surface area contributed by atoms with Crippen LogP contribution in [-0.4, -0.2) is 82.5 Å². The van der Waals surface area contributed by atoms with Crippen molar-refractivity contribution in [3.05, 3.63) is 70.8 Å². The Labute approximate surface area is 299 Å². The second-order valence-electron chi connectivity index (χ2n) is 11.5. The van der Waals surface area contributed by atoms with E-state index in [-0.39, 0.29) is 22.3 Å². The summed E-state index contributed by atoms with van der Waals surface area (Å²) in [5.74, 6) is -5.66. The van der Waals surface area contributed by atoms with Crippen LogP contribution in [-0.2, 0) is 84.7 Å². The van der Waals surface area contributed by atoms with Crippen molar-refractivity contribution in [3.63, 3.8) is 0 Å². The maximum Gasteiger partial charge on any atom is 0.214 e. The van der Waals surface area contributed by atoms with Crippen LogP contribution >= 0.6 is 0 Å². The van der Waals surface area contributed by atoms with Gasteiger partial charge in [0.25, 0.3) is 0 Å². The van der Waals surface area contributed by atoms with E-state index >= 15 is 0 Å². The molecule has 0 radical (unpaired) electrons. The van der Waals surface area contributed by atoms with Crippen LogP contribution < -0.4 is 0 Å². The van der Waals surface area contributed by atoms with E-state index in [1.165, 1.54) is 28.4 Å². The smallest absolute Gasteiger partial charge is 0.214 e. The topological polar surface area (TPSA) is 254 Å². The highest BCUT2D eigenvalue weighted by atomic mass is 32.2. The first kappa shape index (κ1) is 38.9. The van der Waals surface area contributed by atoms with Gasteiger partial charge in [0.05, 0.1) is 26.4 Å². The molecule has 0 amide bonds. The second kappa shape index (κ2) is 13.9. The average Bonchev–Trinajstić information content (AvgIpc) is 3.07. The van der Waals surface area contributed by atoms with E-state index in [1.807, 2.05) is 0 Å². The number of ether oxygens (including phenoxy) is 4. The van der Waals surface area contributed by atoms with E-state index < -0.39 is 128 Å². The van der Waals surface area contributed by atoms with Crippen molar-refractivity contribution in [1.82, 2.24) is 0 Å². The Kier molecular flexibility index (Phi) is 10.4. The maximum absolute atomic E-state index is 14.4. The lowest BCUT2D eigenvalue weighted by Crippen LogP contribution is -2.14. The molecule has 20 heteroatoms. The molecule has 280 valence electrons. The highest BCUT2D eigenvalue weighted by molar-refractivity contribution is 7.94. The molecule has 0 aromatic heterocycles. The molecule has 16 nitrogen and oxygen atoms in total. The van der Waals surface area contributed by atoms with Gasteiger partial charge < -0.3 is 39.4 Å². The zero-order valence-corrected chi connectivity index (χ0v) is 31.0. The van der Waals surface area contributed by atoms with Crippen molar-refractivity contribution in [2.24, 2.45) is 0 Å². The number of rotatable bonds is 8. The van der Waals surface area contributed by atoms with Crippen molar-refractivity contribution in [1.29, 1.82) is 0 Å². The fraction of sp³-hybridized carbons (Fsp3) is 0.250. The highest BCUT2D eigenvalue weighted by Gasteiger charge is 2.40. The molecule has 0 spiro atoms. The molecule has 0 saturated carbocycles. The Balaban J connectivity index is 2.11. The summed E-state index contributed by atoms with van der Waals surface area (Å²) in [4.78, 5) is -9.05. The zero-order valence-electron chi connectivity index (χ0n) is 27.8. The average molecular weight is 801 g/mol. The Morgan fingerprint density at radius 1 is 0.346 bits per heavy atom. The number of sulfone groups is 4. The first-order valence-corrected chi connectivity index (χ1v) is 20.6. The summed E-state index contributed by atoms with van der Waals surface area (Å²) in [7, 11) is -16.3. The number of aromatic hydroxyl groups is 4. The molecule has 4 aromatic carbocycles. The van der Waals surface area contributed by atoms with Crippen LogP contribution in [0.5, 0.6) is 23.0 Å². The fourth-order valence-corrected chi connectivity index (χ4v) is 12.2. The number of benzene rings is 4. The minimum atomic E-state index is -5.28. The van der Waals surface area contributed by atoms with E-state index in [0.29, 0.717) is 0 Å². The summed E-state index contributed by atoms with van der Waals surface area (Å²) >= 11 is 0. The lowest BCUT2D eigenvalue weighted by atomic mass is 10.2. The number of fused-ring (bicyclic) bond motifs is 8. The number of hydrogen-bond donors (Lipinski definition) is 4. The summed E-state index contributed by atoms with van der Waals surface area (Å²) in [5.41, 5.74) is -0.649. The first-order valence-electron chi connectivity index (χ1n) is 14.7. The SMILES string of the molecule is COCc1cc2c(O)c(c1)S(=O)(=O)c1cc(COC)cc(c1O)S(=O)(=O)c1cc(COC)cc(c1O)S(=O)(=O)c1cc(COC)cc(c1O)S2(=O)=O. The molecular weight excluding hydrogens is 769 g/mol. The van der Waals surface area contributed by atoms with Crippen LogP contribution in [0.2, 0.25) is 0 Å². The third-order valence-electron chi connectivity index (χ3n) is 7.96. The molecule has 52 heavy (non-hydrogen) atoms. The third kappa shape index (κ3) is 6.38. The molecule has 1 aliphatic rings. The molecule has 0 aliphatic carbocycles. The molecule has 8 bridgehead atoms. The molecule has 1 heterocycles. The predicted octanol–water partition coefficient (Wildman–Crippen LogP) is 2.74. The van der Waals surface area contributed by atoms with Crippen LogP contribution in [0.15, 0.2) is 87.7 Å². The minimum Gasteiger partial charge on any atom is -0.505 e. The minimum absolute atomic E-state index is 0.162. The standard InChI is InChI=1S/C32H32O16S4/c1-45-13-17-5-21-29(33)22(6-17)50(39,40)24-8-19(15-47-3)10-26(31(24)35)52(43,44)28-12-20(16-48-4)11-27(32(28)36)51(41,42)25-9-18(14-46-2)7-23(30(25)34)49(21,37)38/h5-12,33-36H,13-16H2,1-4H3. The number of hydrogen-bond acceptors (Lipinski definition) is 16. The van der Waals surface area contributed by atoms with Crippen LogP contribution in [0.1, 0.15) is 22.3 Å².